The quantitative estimate of drug-likeness (QED) is 0.469. The number of nitrogens with one attached hydrogen (secondary N) is 2. The summed E-state index contributed by atoms with van der Waals surface area (Å²) in [7, 11) is 0. The Morgan fingerprint density at radius 3 is 2.81 bits per heavy atom. The van der Waals surface area contributed by atoms with Gasteiger partial charge < -0.3 is 10.4 Å². The van der Waals surface area contributed by atoms with Gasteiger partial charge >= 0.3 is 0 Å². The van der Waals surface area contributed by atoms with Crippen LogP contribution in [0, 0.1) is 12.7 Å². The van der Waals surface area contributed by atoms with Crippen molar-refractivity contribution in [1.82, 2.24) is 25.4 Å². The molecule has 0 amide bonds. The summed E-state index contributed by atoms with van der Waals surface area (Å²) in [5.74, 6) is -0.607. The summed E-state index contributed by atoms with van der Waals surface area (Å²) in [6.07, 6.45) is 0. The number of phenols is 1. The molecule has 1 atom stereocenters. The zero-order valence-corrected chi connectivity index (χ0v) is 17.3. The van der Waals surface area contributed by atoms with Gasteiger partial charge in [0.2, 0.25) is 0 Å². The van der Waals surface area contributed by atoms with Gasteiger partial charge in [0.05, 0.1) is 11.4 Å². The molecule has 0 spiro atoms. The molecule has 0 aliphatic carbocycles. The third-order valence-electron chi connectivity index (χ3n) is 5.93. The van der Waals surface area contributed by atoms with Gasteiger partial charge in [0, 0.05) is 49.2 Å². The topological polar surface area (TPSA) is 77.1 Å². The first-order valence-electron chi connectivity index (χ1n) is 10.4. The summed E-state index contributed by atoms with van der Waals surface area (Å²) in [5, 5.41) is 21.4. The molecule has 1 fully saturated rings. The van der Waals surface area contributed by atoms with Gasteiger partial charge in [-0.3, -0.25) is 10.00 Å². The molecule has 158 valence electrons. The molecular weight excluding hydrogens is 393 g/mol. The molecule has 6 nitrogen and oxygen atoms in total. The van der Waals surface area contributed by atoms with Crippen LogP contribution in [0.4, 0.5) is 4.39 Å². The Balaban J connectivity index is 1.57. The van der Waals surface area contributed by atoms with Crippen molar-refractivity contribution in [2.75, 3.05) is 19.6 Å². The van der Waals surface area contributed by atoms with Gasteiger partial charge in [0.1, 0.15) is 11.6 Å². The molecule has 0 saturated carbocycles. The standard InChI is InChI=1S/C24H24FN5O/c1-15-23-17(14-30-10-9-26-13-22(30)16-5-3-2-4-6-16)11-21(27-24(23)29-28-15)19-8-7-18(31)12-20(19)25/h2-8,11-12,22,26,31H,9-10,13-14H2,1H3,(H,27,28,29)/t22-/m0/s1. The highest BCUT2D eigenvalue weighted by molar-refractivity contribution is 5.84. The Morgan fingerprint density at radius 1 is 1.16 bits per heavy atom. The molecule has 2 aromatic carbocycles. The summed E-state index contributed by atoms with van der Waals surface area (Å²) >= 11 is 0. The van der Waals surface area contributed by atoms with Crippen LogP contribution in [0.25, 0.3) is 22.3 Å². The molecular formula is C24H24FN5O. The summed E-state index contributed by atoms with van der Waals surface area (Å²) in [5.41, 5.74) is 4.73. The molecule has 4 aromatic rings. The van der Waals surface area contributed by atoms with Crippen LogP contribution >= 0.6 is 0 Å². The van der Waals surface area contributed by atoms with Crippen molar-refractivity contribution in [3.8, 4) is 17.0 Å². The summed E-state index contributed by atoms with van der Waals surface area (Å²) in [4.78, 5) is 7.07. The molecule has 7 heteroatoms. The molecule has 5 rings (SSSR count). The van der Waals surface area contributed by atoms with Crippen molar-refractivity contribution in [3.05, 3.63) is 77.2 Å². The van der Waals surface area contributed by atoms with Crippen LogP contribution in [-0.2, 0) is 6.54 Å². The van der Waals surface area contributed by atoms with E-state index >= 15 is 0 Å². The van der Waals surface area contributed by atoms with Gasteiger partial charge in [-0.1, -0.05) is 30.3 Å². The van der Waals surface area contributed by atoms with Crippen molar-refractivity contribution in [3.63, 3.8) is 0 Å². The predicted molar refractivity (Wildman–Crippen MR) is 118 cm³/mol. The number of hydrogen-bond donors (Lipinski definition) is 3. The molecule has 3 N–H and O–H groups in total. The Hall–Kier alpha value is -3.29. The lowest BCUT2D eigenvalue weighted by Crippen LogP contribution is -2.45. The number of aromatic hydroxyl groups is 1. The molecule has 31 heavy (non-hydrogen) atoms. The fraction of sp³-hybridized carbons (Fsp3) is 0.250. The molecule has 0 bridgehead atoms. The van der Waals surface area contributed by atoms with Crippen LogP contribution in [0.3, 0.4) is 0 Å². The first-order chi connectivity index (χ1) is 15.1. The van der Waals surface area contributed by atoms with Crippen LogP contribution < -0.4 is 5.32 Å². The first-order valence-corrected chi connectivity index (χ1v) is 10.4. The summed E-state index contributed by atoms with van der Waals surface area (Å²) in [6.45, 7) is 5.36. The number of piperazine rings is 1. The number of nitrogens with zero attached hydrogens (tertiary/aromatic N) is 3. The summed E-state index contributed by atoms with van der Waals surface area (Å²) < 4.78 is 14.6. The van der Waals surface area contributed by atoms with E-state index in [0.717, 1.165) is 42.3 Å². The van der Waals surface area contributed by atoms with E-state index in [9.17, 15) is 9.50 Å². The van der Waals surface area contributed by atoms with E-state index in [-0.39, 0.29) is 11.8 Å². The van der Waals surface area contributed by atoms with Crippen LogP contribution in [0.2, 0.25) is 0 Å². The van der Waals surface area contributed by atoms with E-state index in [2.05, 4.69) is 49.7 Å². The van der Waals surface area contributed by atoms with E-state index in [1.54, 1.807) is 6.07 Å². The van der Waals surface area contributed by atoms with Gasteiger partial charge in [0.15, 0.2) is 5.65 Å². The van der Waals surface area contributed by atoms with Crippen LogP contribution in [0.1, 0.15) is 22.9 Å². The zero-order valence-electron chi connectivity index (χ0n) is 17.3. The van der Waals surface area contributed by atoms with E-state index in [1.807, 2.05) is 19.1 Å². The molecule has 0 unspecified atom stereocenters. The van der Waals surface area contributed by atoms with Crippen molar-refractivity contribution < 1.29 is 9.50 Å². The van der Waals surface area contributed by atoms with Gasteiger partial charge in [0.25, 0.3) is 0 Å². The van der Waals surface area contributed by atoms with Crippen LogP contribution in [0.5, 0.6) is 5.75 Å². The van der Waals surface area contributed by atoms with Crippen molar-refractivity contribution in [2.45, 2.75) is 19.5 Å². The molecule has 0 radical (unpaired) electrons. The SMILES string of the molecule is Cc1n[nH]c2nc(-c3ccc(O)cc3F)cc(CN3CCNC[C@H]3c3ccccc3)c12. The third kappa shape index (κ3) is 3.78. The number of rotatable bonds is 4. The fourth-order valence-electron chi connectivity index (χ4n) is 4.41. The third-order valence-corrected chi connectivity index (χ3v) is 5.93. The number of H-pyrrole nitrogens is 1. The molecule has 1 aliphatic heterocycles. The van der Waals surface area contributed by atoms with Crippen molar-refractivity contribution in [1.29, 1.82) is 0 Å². The Bertz CT molecular complexity index is 1220. The molecule has 1 aliphatic rings. The van der Waals surface area contributed by atoms with Crippen molar-refractivity contribution in [2.24, 2.45) is 0 Å². The average Bonchev–Trinajstić information content (AvgIpc) is 3.16. The lowest BCUT2D eigenvalue weighted by molar-refractivity contribution is 0.154. The Labute approximate surface area is 179 Å². The number of phenolic OH excluding ortho intramolecular Hbond substituents is 1. The van der Waals surface area contributed by atoms with E-state index in [1.165, 1.54) is 11.6 Å². The highest BCUT2D eigenvalue weighted by Gasteiger charge is 2.25. The number of hydrogen-bond acceptors (Lipinski definition) is 5. The highest BCUT2D eigenvalue weighted by atomic mass is 19.1. The van der Waals surface area contributed by atoms with E-state index < -0.39 is 5.82 Å². The number of aryl methyl sites for hydroxylation is 1. The monoisotopic (exact) mass is 417 g/mol. The van der Waals surface area contributed by atoms with Crippen LogP contribution in [-0.4, -0.2) is 44.8 Å². The molecule has 2 aromatic heterocycles. The second kappa shape index (κ2) is 8.09. The lowest BCUT2D eigenvalue weighted by Gasteiger charge is -2.36. The second-order valence-electron chi connectivity index (χ2n) is 7.96. The number of fused-ring (bicyclic) bond motifs is 1. The minimum absolute atomic E-state index is 0.105. The number of halogens is 1. The first kappa shape index (κ1) is 19.7. The zero-order chi connectivity index (χ0) is 21.4. The van der Waals surface area contributed by atoms with Gasteiger partial charge in [-0.05, 0) is 36.2 Å². The minimum atomic E-state index is -0.502. The van der Waals surface area contributed by atoms with E-state index in [4.69, 9.17) is 0 Å². The fourth-order valence-corrected chi connectivity index (χ4v) is 4.41. The number of benzene rings is 2. The van der Waals surface area contributed by atoms with Gasteiger partial charge in [-0.25, -0.2) is 9.37 Å². The summed E-state index contributed by atoms with van der Waals surface area (Å²) in [6, 6.07) is 16.8. The Kier molecular flexibility index (Phi) is 5.13. The van der Waals surface area contributed by atoms with E-state index in [0.29, 0.717) is 23.4 Å². The number of aromatic amines is 1. The highest BCUT2D eigenvalue weighted by Crippen LogP contribution is 2.31. The van der Waals surface area contributed by atoms with Gasteiger partial charge in [-0.15, -0.1) is 0 Å². The molecule has 3 heterocycles. The minimum Gasteiger partial charge on any atom is -0.508 e. The van der Waals surface area contributed by atoms with Crippen molar-refractivity contribution >= 4 is 11.0 Å². The maximum absolute atomic E-state index is 14.6. The predicted octanol–water partition coefficient (Wildman–Crippen LogP) is 3.92. The average molecular weight is 417 g/mol. The molecule has 1 saturated heterocycles. The maximum atomic E-state index is 14.6. The second-order valence-corrected chi connectivity index (χ2v) is 7.96. The number of pyridine rings is 1. The largest absolute Gasteiger partial charge is 0.508 e. The maximum Gasteiger partial charge on any atom is 0.156 e. The normalized spacial score (nSPS) is 17.3. The Morgan fingerprint density at radius 2 is 2.00 bits per heavy atom. The van der Waals surface area contributed by atoms with Gasteiger partial charge in [-0.2, -0.15) is 5.10 Å². The smallest absolute Gasteiger partial charge is 0.156 e. The van der Waals surface area contributed by atoms with Crippen LogP contribution in [0.15, 0.2) is 54.6 Å². The number of aromatic nitrogens is 3. The lowest BCUT2D eigenvalue weighted by atomic mass is 10.0.